The number of rotatable bonds is 4. The summed E-state index contributed by atoms with van der Waals surface area (Å²) < 4.78 is 1.01. The maximum absolute atomic E-state index is 13.5. The Morgan fingerprint density at radius 3 is 2.33 bits per heavy atom. The fourth-order valence-corrected chi connectivity index (χ4v) is 4.82. The van der Waals surface area contributed by atoms with Crippen molar-refractivity contribution < 1.29 is 4.79 Å². The van der Waals surface area contributed by atoms with Gasteiger partial charge in [0.2, 0.25) is 0 Å². The molecule has 1 N–H and O–H groups in total. The molecule has 0 aliphatic heterocycles. The zero-order valence-electron chi connectivity index (χ0n) is 18.1. The highest BCUT2D eigenvalue weighted by Gasteiger charge is 2.20. The number of nitrogens with zero attached hydrogens (tertiary/aromatic N) is 2. The van der Waals surface area contributed by atoms with Gasteiger partial charge in [-0.3, -0.25) is 10.1 Å². The maximum Gasteiger partial charge on any atom is 0.258 e. The summed E-state index contributed by atoms with van der Waals surface area (Å²) in [5.41, 5.74) is 7.08. The number of halogens is 1. The van der Waals surface area contributed by atoms with Crippen LogP contribution in [-0.4, -0.2) is 15.9 Å². The molecule has 0 fully saturated rings. The molecule has 0 saturated heterocycles. The zero-order valence-corrected chi connectivity index (χ0v) is 20.5. The lowest BCUT2D eigenvalue weighted by molar-refractivity contribution is 0.102. The van der Waals surface area contributed by atoms with Crippen molar-refractivity contribution in [2.75, 3.05) is 5.32 Å². The van der Waals surface area contributed by atoms with Crippen LogP contribution in [0.15, 0.2) is 82.6 Å². The minimum Gasteiger partial charge on any atom is -0.298 e. The summed E-state index contributed by atoms with van der Waals surface area (Å²) in [5.74, 6) is -0.184. The first-order valence-electron chi connectivity index (χ1n) is 10.5. The topological polar surface area (TPSA) is 54.9 Å². The van der Waals surface area contributed by atoms with Crippen molar-refractivity contribution in [2.45, 2.75) is 13.8 Å². The molecule has 6 heteroatoms. The van der Waals surface area contributed by atoms with Crippen LogP contribution in [0.1, 0.15) is 21.5 Å². The van der Waals surface area contributed by atoms with E-state index in [2.05, 4.69) is 45.3 Å². The second kappa shape index (κ2) is 8.89. The van der Waals surface area contributed by atoms with E-state index in [-0.39, 0.29) is 5.91 Å². The van der Waals surface area contributed by atoms with Crippen LogP contribution in [0.5, 0.6) is 0 Å². The molecule has 5 rings (SSSR count). The molecule has 1 amide bonds. The van der Waals surface area contributed by atoms with E-state index in [1.165, 1.54) is 16.9 Å². The van der Waals surface area contributed by atoms with E-state index in [1.807, 2.05) is 73.0 Å². The largest absolute Gasteiger partial charge is 0.298 e. The highest BCUT2D eigenvalue weighted by atomic mass is 79.9. The highest BCUT2D eigenvalue weighted by molar-refractivity contribution is 9.10. The Hall–Kier alpha value is -3.35. The molecule has 162 valence electrons. The third-order valence-corrected chi connectivity index (χ3v) is 6.84. The second-order valence-corrected chi connectivity index (χ2v) is 9.62. The minimum atomic E-state index is -0.184. The normalized spacial score (nSPS) is 11.0. The summed E-state index contributed by atoms with van der Waals surface area (Å²) in [6, 6.07) is 23.9. The lowest BCUT2D eigenvalue weighted by Gasteiger charge is -2.14. The number of nitrogens with one attached hydrogen (secondary N) is 1. The van der Waals surface area contributed by atoms with E-state index in [0.29, 0.717) is 10.7 Å². The Morgan fingerprint density at radius 1 is 0.879 bits per heavy atom. The number of thiazole rings is 1. The molecule has 33 heavy (non-hydrogen) atoms. The maximum atomic E-state index is 13.5. The van der Waals surface area contributed by atoms with Gasteiger partial charge in [0, 0.05) is 26.4 Å². The lowest BCUT2D eigenvalue weighted by atomic mass is 9.97. The molecule has 0 unspecified atom stereocenters. The average Bonchev–Trinajstić information content (AvgIpc) is 3.28. The molecular weight excluding hydrogens is 494 g/mol. The van der Waals surface area contributed by atoms with Gasteiger partial charge in [0.05, 0.1) is 22.5 Å². The quantitative estimate of drug-likeness (QED) is 0.268. The highest BCUT2D eigenvalue weighted by Crippen LogP contribution is 2.31. The Morgan fingerprint density at radius 2 is 1.58 bits per heavy atom. The summed E-state index contributed by atoms with van der Waals surface area (Å²) in [4.78, 5) is 23.0. The zero-order chi connectivity index (χ0) is 22.9. The van der Waals surface area contributed by atoms with Gasteiger partial charge in [-0.2, -0.15) is 0 Å². The van der Waals surface area contributed by atoms with Crippen LogP contribution in [0.25, 0.3) is 33.4 Å². The van der Waals surface area contributed by atoms with Crippen LogP contribution >= 0.6 is 27.3 Å². The van der Waals surface area contributed by atoms with Gasteiger partial charge in [0.15, 0.2) is 5.13 Å². The van der Waals surface area contributed by atoms with Crippen LogP contribution in [-0.2, 0) is 0 Å². The number of aromatic nitrogens is 2. The van der Waals surface area contributed by atoms with Crippen LogP contribution in [0, 0.1) is 13.8 Å². The molecule has 0 saturated carbocycles. The number of hydrogen-bond acceptors (Lipinski definition) is 4. The smallest absolute Gasteiger partial charge is 0.258 e. The van der Waals surface area contributed by atoms with E-state index < -0.39 is 0 Å². The van der Waals surface area contributed by atoms with Gasteiger partial charge in [-0.1, -0.05) is 76.1 Å². The summed E-state index contributed by atoms with van der Waals surface area (Å²) >= 11 is 4.87. The Kier molecular flexibility index (Phi) is 5.79. The first kappa shape index (κ1) is 21.5. The van der Waals surface area contributed by atoms with Crippen molar-refractivity contribution in [3.05, 3.63) is 99.3 Å². The molecule has 4 nitrogen and oxygen atoms in total. The molecule has 0 aliphatic rings. The molecule has 0 bridgehead atoms. The second-order valence-electron chi connectivity index (χ2n) is 7.84. The van der Waals surface area contributed by atoms with Crippen molar-refractivity contribution >= 4 is 49.2 Å². The molecule has 0 atom stereocenters. The van der Waals surface area contributed by atoms with Crippen molar-refractivity contribution in [3.8, 4) is 22.5 Å². The third kappa shape index (κ3) is 4.32. The summed E-state index contributed by atoms with van der Waals surface area (Å²) in [6.07, 6.45) is 0. The van der Waals surface area contributed by atoms with Crippen molar-refractivity contribution in [1.29, 1.82) is 0 Å². The number of benzene rings is 3. The summed E-state index contributed by atoms with van der Waals surface area (Å²) in [5, 5.41) is 6.36. The van der Waals surface area contributed by atoms with Gasteiger partial charge >= 0.3 is 0 Å². The van der Waals surface area contributed by atoms with E-state index in [1.54, 1.807) is 0 Å². The summed E-state index contributed by atoms with van der Waals surface area (Å²) in [6.45, 7) is 4.01. The van der Waals surface area contributed by atoms with Crippen molar-refractivity contribution in [3.63, 3.8) is 0 Å². The Labute approximate surface area is 204 Å². The number of hydrogen-bond donors (Lipinski definition) is 1. The van der Waals surface area contributed by atoms with Crippen molar-refractivity contribution in [1.82, 2.24) is 9.97 Å². The number of anilines is 1. The molecule has 2 heterocycles. The summed E-state index contributed by atoms with van der Waals surface area (Å²) in [7, 11) is 0. The number of aryl methyl sites for hydroxylation is 1. The Bertz CT molecular complexity index is 1470. The molecule has 0 radical (unpaired) electrons. The first-order valence-corrected chi connectivity index (χ1v) is 12.2. The van der Waals surface area contributed by atoms with E-state index in [0.717, 1.165) is 43.5 Å². The van der Waals surface area contributed by atoms with Gasteiger partial charge in [-0.25, -0.2) is 9.97 Å². The molecule has 5 aromatic rings. The fraction of sp³-hybridized carbons (Fsp3) is 0.0741. The van der Waals surface area contributed by atoms with Gasteiger partial charge in [0.1, 0.15) is 0 Å². The minimum absolute atomic E-state index is 0.184. The van der Waals surface area contributed by atoms with Crippen LogP contribution in [0.3, 0.4) is 0 Å². The number of para-hydroxylation sites is 1. The van der Waals surface area contributed by atoms with E-state index in [4.69, 9.17) is 4.98 Å². The van der Waals surface area contributed by atoms with Gasteiger partial charge in [-0.05, 0) is 37.6 Å². The number of carbonyl (C=O) groups excluding carboxylic acids is 1. The number of pyridine rings is 1. The first-order chi connectivity index (χ1) is 16.0. The third-order valence-electron chi connectivity index (χ3n) is 5.55. The fourth-order valence-electron chi connectivity index (χ4n) is 3.84. The average molecular weight is 514 g/mol. The molecule has 0 spiro atoms. The van der Waals surface area contributed by atoms with Crippen LogP contribution in [0.2, 0.25) is 0 Å². The van der Waals surface area contributed by atoms with Gasteiger partial charge in [0.25, 0.3) is 5.91 Å². The predicted octanol–water partition coefficient (Wildman–Crippen LogP) is 7.66. The molecular formula is C27H20BrN3OS. The van der Waals surface area contributed by atoms with Crippen molar-refractivity contribution in [2.24, 2.45) is 0 Å². The predicted molar refractivity (Wildman–Crippen MR) is 140 cm³/mol. The number of carbonyl (C=O) groups is 1. The van der Waals surface area contributed by atoms with Gasteiger partial charge < -0.3 is 0 Å². The van der Waals surface area contributed by atoms with E-state index >= 15 is 0 Å². The van der Waals surface area contributed by atoms with Gasteiger partial charge in [-0.15, -0.1) is 11.3 Å². The monoisotopic (exact) mass is 513 g/mol. The van der Waals surface area contributed by atoms with Crippen LogP contribution in [0.4, 0.5) is 5.13 Å². The lowest BCUT2D eigenvalue weighted by Crippen LogP contribution is -2.15. The number of amides is 1. The standard InChI is InChI=1S/C27H20BrN3OS/c1-16-7-9-19(10-8-16)25-17(2)24(21-5-3-4-6-22(21)29-25)26(32)31-27-30-23(15-33-27)18-11-13-20(28)14-12-18/h3-15H,1-2H3,(H,30,31,32). The molecule has 0 aliphatic carbocycles. The number of fused-ring (bicyclic) bond motifs is 1. The van der Waals surface area contributed by atoms with Crippen LogP contribution < -0.4 is 5.32 Å². The van der Waals surface area contributed by atoms with E-state index in [9.17, 15) is 4.79 Å². The molecule has 2 aromatic heterocycles. The molecule has 3 aromatic carbocycles. The Balaban J connectivity index is 1.54. The SMILES string of the molecule is Cc1ccc(-c2nc3ccccc3c(C(=O)Nc3nc(-c4ccc(Br)cc4)cs3)c2C)cc1.